The third-order valence-corrected chi connectivity index (χ3v) is 2.97. The van der Waals surface area contributed by atoms with E-state index in [4.69, 9.17) is 0 Å². The molecule has 0 aromatic heterocycles. The molecule has 1 aliphatic carbocycles. The summed E-state index contributed by atoms with van der Waals surface area (Å²) in [6, 6.07) is 0. The van der Waals surface area contributed by atoms with Crippen LogP contribution in [0.15, 0.2) is 34.8 Å². The van der Waals surface area contributed by atoms with Gasteiger partial charge in [0.25, 0.3) is 0 Å². The Balaban J connectivity index is 0.000000336. The molecule has 0 nitrogen and oxygen atoms in total. The van der Waals surface area contributed by atoms with Gasteiger partial charge in [-0.15, -0.1) is 11.8 Å². The summed E-state index contributed by atoms with van der Waals surface area (Å²) in [5.41, 5.74) is 1.54. The van der Waals surface area contributed by atoms with E-state index in [2.05, 4.69) is 46.9 Å². The van der Waals surface area contributed by atoms with Crippen molar-refractivity contribution < 1.29 is 0 Å². The molecule has 0 bridgehead atoms. The van der Waals surface area contributed by atoms with Crippen molar-refractivity contribution in [2.75, 3.05) is 10.7 Å². The number of alkyl halides is 1. The normalized spacial score (nSPS) is 19.8. The summed E-state index contributed by atoms with van der Waals surface area (Å²) in [6.45, 7) is 0. The van der Waals surface area contributed by atoms with Gasteiger partial charge >= 0.3 is 0 Å². The number of rotatable bonds is 0. The van der Waals surface area contributed by atoms with Crippen molar-refractivity contribution in [2.24, 2.45) is 0 Å². The van der Waals surface area contributed by atoms with E-state index in [1.807, 2.05) is 16.7 Å². The van der Waals surface area contributed by atoms with Crippen molar-refractivity contribution in [1.29, 1.82) is 0 Å². The predicted molar refractivity (Wildman–Crippen MR) is 66.9 cm³/mol. The topological polar surface area (TPSA) is 0 Å². The number of hydrogen-bond donors (Lipinski definition) is 0. The molecule has 0 unspecified atom stereocenters. The van der Waals surface area contributed by atoms with Gasteiger partial charge in [0.1, 0.15) is 0 Å². The van der Waals surface area contributed by atoms with Crippen molar-refractivity contribution in [2.45, 2.75) is 12.8 Å². The second kappa shape index (κ2) is 5.86. The average Bonchev–Trinajstić information content (AvgIpc) is 2.46. The number of thioether (sulfide) groups is 1. The van der Waals surface area contributed by atoms with Crippen molar-refractivity contribution >= 4 is 34.4 Å². The van der Waals surface area contributed by atoms with E-state index < -0.39 is 0 Å². The van der Waals surface area contributed by atoms with Crippen LogP contribution in [-0.2, 0) is 0 Å². The summed E-state index contributed by atoms with van der Waals surface area (Å²) in [6.07, 6.45) is 11.3. The third kappa shape index (κ3) is 2.66. The second-order valence-corrected chi connectivity index (χ2v) is 3.66. The lowest BCUT2D eigenvalue weighted by molar-refractivity contribution is 1.20. The molecule has 12 heavy (non-hydrogen) atoms. The lowest BCUT2D eigenvalue weighted by Gasteiger charge is -1.93. The number of fused-ring (bicyclic) bond motifs is 1. The van der Waals surface area contributed by atoms with Crippen molar-refractivity contribution in [3.05, 3.63) is 34.8 Å². The Bertz CT molecular complexity index is 226. The quantitative estimate of drug-likeness (QED) is 0.481. The van der Waals surface area contributed by atoms with Crippen LogP contribution in [0.2, 0.25) is 0 Å². The lowest BCUT2D eigenvalue weighted by Crippen LogP contribution is -1.72. The van der Waals surface area contributed by atoms with Crippen molar-refractivity contribution in [1.82, 2.24) is 0 Å². The third-order valence-electron chi connectivity index (χ3n) is 1.82. The summed E-state index contributed by atoms with van der Waals surface area (Å²) in [4.78, 5) is 3.49. The van der Waals surface area contributed by atoms with E-state index in [0.29, 0.717) is 0 Å². The molecule has 1 aliphatic heterocycles. The summed E-state index contributed by atoms with van der Waals surface area (Å²) < 4.78 is 0. The first-order valence-electron chi connectivity index (χ1n) is 4.03. The van der Waals surface area contributed by atoms with Gasteiger partial charge in [0.15, 0.2) is 0 Å². The van der Waals surface area contributed by atoms with E-state index >= 15 is 0 Å². The molecule has 0 spiro atoms. The van der Waals surface area contributed by atoms with Crippen LogP contribution in [0.1, 0.15) is 12.8 Å². The van der Waals surface area contributed by atoms with E-state index in [1.165, 1.54) is 17.1 Å². The standard InChI is InChI=1S/C9H10S.CH3I/c1-2-4-8-6-7-10-9(8)5-3-1;1-2/h1-2,4-5H,3,6-7H2;1H3. The summed E-state index contributed by atoms with van der Waals surface area (Å²) in [7, 11) is 0. The molecule has 1 heterocycles. The van der Waals surface area contributed by atoms with Crippen LogP contribution < -0.4 is 0 Å². The van der Waals surface area contributed by atoms with Crippen molar-refractivity contribution in [3.63, 3.8) is 0 Å². The molecule has 2 heteroatoms. The van der Waals surface area contributed by atoms with Crippen LogP contribution in [0, 0.1) is 0 Å². The van der Waals surface area contributed by atoms with Gasteiger partial charge in [0.05, 0.1) is 0 Å². The van der Waals surface area contributed by atoms with Gasteiger partial charge in [-0.1, -0.05) is 46.9 Å². The van der Waals surface area contributed by atoms with Gasteiger partial charge in [-0.2, -0.15) is 0 Å². The fraction of sp³-hybridized carbons (Fsp3) is 0.400. The maximum Gasteiger partial charge on any atom is 0.00676 e. The number of allylic oxidation sites excluding steroid dienone is 5. The molecular formula is C10H13IS. The zero-order valence-electron chi connectivity index (χ0n) is 7.22. The molecule has 2 aliphatic rings. The van der Waals surface area contributed by atoms with Gasteiger partial charge in [-0.05, 0) is 23.3 Å². The fourth-order valence-corrected chi connectivity index (χ4v) is 2.39. The largest absolute Gasteiger partial charge is 0.126 e. The molecule has 0 aromatic rings. The van der Waals surface area contributed by atoms with Crippen LogP contribution >= 0.6 is 34.4 Å². The molecule has 1 saturated heterocycles. The summed E-state index contributed by atoms with van der Waals surface area (Å²) >= 11 is 4.14. The highest BCUT2D eigenvalue weighted by Crippen LogP contribution is 2.36. The zero-order valence-corrected chi connectivity index (χ0v) is 10.2. The highest BCUT2D eigenvalue weighted by molar-refractivity contribution is 14.1. The monoisotopic (exact) mass is 292 g/mol. The first kappa shape index (κ1) is 10.4. The van der Waals surface area contributed by atoms with Crippen LogP contribution in [0.3, 0.4) is 0 Å². The molecule has 0 amide bonds. The molecule has 0 aromatic carbocycles. The fourth-order valence-electron chi connectivity index (χ4n) is 1.28. The van der Waals surface area contributed by atoms with Crippen LogP contribution in [0.25, 0.3) is 0 Å². The first-order valence-corrected chi connectivity index (χ1v) is 7.18. The van der Waals surface area contributed by atoms with Crippen LogP contribution in [0.5, 0.6) is 0 Å². The van der Waals surface area contributed by atoms with Gasteiger partial charge in [-0.3, -0.25) is 0 Å². The molecule has 2 rings (SSSR count). The molecule has 1 fully saturated rings. The number of halogens is 1. The Morgan fingerprint density at radius 1 is 1.42 bits per heavy atom. The van der Waals surface area contributed by atoms with Gasteiger partial charge in [-0.25, -0.2) is 0 Å². The van der Waals surface area contributed by atoms with Crippen LogP contribution in [0.4, 0.5) is 0 Å². The first-order chi connectivity index (χ1) is 5.97. The summed E-state index contributed by atoms with van der Waals surface area (Å²) in [5.74, 6) is 1.28. The molecular weight excluding hydrogens is 279 g/mol. The van der Waals surface area contributed by atoms with Gasteiger partial charge in [0.2, 0.25) is 0 Å². The maximum absolute atomic E-state index is 2.33. The Morgan fingerprint density at radius 3 is 3.08 bits per heavy atom. The van der Waals surface area contributed by atoms with Gasteiger partial charge in [0, 0.05) is 10.7 Å². The van der Waals surface area contributed by atoms with Crippen LogP contribution in [-0.4, -0.2) is 10.7 Å². The highest BCUT2D eigenvalue weighted by atomic mass is 127. The molecule has 0 N–H and O–H groups in total. The Kier molecular flexibility index (Phi) is 5.07. The van der Waals surface area contributed by atoms with Gasteiger partial charge < -0.3 is 0 Å². The molecule has 66 valence electrons. The molecule has 0 saturated carbocycles. The zero-order chi connectivity index (χ0) is 8.81. The van der Waals surface area contributed by atoms with E-state index in [9.17, 15) is 0 Å². The Labute approximate surface area is 92.3 Å². The molecule has 0 radical (unpaired) electrons. The SMILES string of the molecule is C1=CCC=C2SCCC2=C1.CI. The Hall–Kier alpha value is 0.300. The second-order valence-electron chi connectivity index (χ2n) is 2.52. The minimum Gasteiger partial charge on any atom is -0.126 e. The Morgan fingerprint density at radius 2 is 2.25 bits per heavy atom. The predicted octanol–water partition coefficient (Wildman–Crippen LogP) is 3.94. The van der Waals surface area contributed by atoms with E-state index in [0.717, 1.165) is 6.42 Å². The smallest absolute Gasteiger partial charge is 0.00676 e. The number of hydrogen-bond acceptors (Lipinski definition) is 1. The minimum atomic E-state index is 1.11. The minimum absolute atomic E-state index is 1.11. The molecule has 0 atom stereocenters. The van der Waals surface area contributed by atoms with E-state index in [-0.39, 0.29) is 0 Å². The van der Waals surface area contributed by atoms with Crippen molar-refractivity contribution in [3.8, 4) is 0 Å². The maximum atomic E-state index is 2.33. The van der Waals surface area contributed by atoms with E-state index in [1.54, 1.807) is 5.57 Å². The lowest BCUT2D eigenvalue weighted by atomic mass is 10.2. The highest BCUT2D eigenvalue weighted by Gasteiger charge is 2.13. The average molecular weight is 292 g/mol. The summed E-state index contributed by atoms with van der Waals surface area (Å²) in [5, 5.41) is 0.